The van der Waals surface area contributed by atoms with Crippen molar-refractivity contribution in [1.82, 2.24) is 14.7 Å². The lowest BCUT2D eigenvalue weighted by atomic mass is 9.77. The molecule has 5 rings (SSSR count). The number of nitrogens with two attached hydrogens (primary N) is 1. The Hall–Kier alpha value is -1.62. The molecule has 4 atom stereocenters. The van der Waals surface area contributed by atoms with Crippen molar-refractivity contribution in [3.8, 4) is 0 Å². The number of allylic oxidation sites excluding steroid dienone is 1. The van der Waals surface area contributed by atoms with Crippen LogP contribution in [0.25, 0.3) is 0 Å². The monoisotopic (exact) mass is 434 g/mol. The zero-order chi connectivity index (χ0) is 22.5. The highest BCUT2D eigenvalue weighted by Crippen LogP contribution is 2.50. The second-order valence-corrected chi connectivity index (χ2v) is 11.5. The van der Waals surface area contributed by atoms with Crippen molar-refractivity contribution in [3.05, 3.63) is 59.3 Å². The molecule has 2 N–H and O–H groups in total. The summed E-state index contributed by atoms with van der Waals surface area (Å²) in [6, 6.07) is 9.77. The third kappa shape index (κ3) is 4.30. The van der Waals surface area contributed by atoms with Crippen LogP contribution in [0.2, 0.25) is 0 Å². The molecule has 4 unspecified atom stereocenters. The van der Waals surface area contributed by atoms with Gasteiger partial charge in [0.15, 0.2) is 0 Å². The van der Waals surface area contributed by atoms with Crippen molar-refractivity contribution >= 4 is 0 Å². The minimum atomic E-state index is 0.00153. The molecule has 0 amide bonds. The molecule has 174 valence electrons. The van der Waals surface area contributed by atoms with Gasteiger partial charge in [0.25, 0.3) is 0 Å². The van der Waals surface area contributed by atoms with Crippen molar-refractivity contribution in [2.75, 3.05) is 46.8 Å². The Kier molecular flexibility index (Phi) is 5.98. The van der Waals surface area contributed by atoms with E-state index in [1.54, 1.807) is 0 Å². The first-order chi connectivity index (χ1) is 15.3. The Morgan fingerprint density at radius 2 is 2.06 bits per heavy atom. The summed E-state index contributed by atoms with van der Waals surface area (Å²) in [5.41, 5.74) is 12.8. The second-order valence-electron chi connectivity index (χ2n) is 11.5. The van der Waals surface area contributed by atoms with Gasteiger partial charge in [0, 0.05) is 57.6 Å². The average Bonchev–Trinajstić information content (AvgIpc) is 3.37. The molecule has 1 aromatic carbocycles. The Balaban J connectivity index is 1.30. The van der Waals surface area contributed by atoms with E-state index < -0.39 is 0 Å². The maximum atomic E-state index is 7.13. The molecule has 0 aromatic heterocycles. The largest absolute Gasteiger partial charge is 0.380 e. The summed E-state index contributed by atoms with van der Waals surface area (Å²) in [5.74, 6) is 1.86. The van der Waals surface area contributed by atoms with Crippen LogP contribution in [-0.2, 0) is 6.42 Å². The molecule has 3 aliphatic heterocycles. The van der Waals surface area contributed by atoms with E-state index in [0.29, 0.717) is 17.8 Å². The second kappa shape index (κ2) is 8.62. The number of nitrogens with zero attached hydrogens (tertiary/aromatic N) is 3. The molecular weight excluding hydrogens is 392 g/mol. The maximum Gasteiger partial charge on any atom is 0.0351 e. The summed E-state index contributed by atoms with van der Waals surface area (Å²) in [4.78, 5) is 7.44. The van der Waals surface area contributed by atoms with Gasteiger partial charge in [0.05, 0.1) is 0 Å². The first-order valence-electron chi connectivity index (χ1n) is 12.7. The van der Waals surface area contributed by atoms with Gasteiger partial charge in [-0.1, -0.05) is 36.4 Å². The van der Waals surface area contributed by atoms with E-state index in [2.05, 4.69) is 72.8 Å². The molecule has 1 aliphatic carbocycles. The Bertz CT molecular complexity index is 885. The van der Waals surface area contributed by atoms with Crippen molar-refractivity contribution in [2.24, 2.45) is 23.5 Å². The number of hydrogen-bond donors (Lipinski definition) is 1. The molecule has 32 heavy (non-hydrogen) atoms. The van der Waals surface area contributed by atoms with E-state index in [1.165, 1.54) is 54.7 Å². The number of hydrogen-bond acceptors (Lipinski definition) is 4. The topological polar surface area (TPSA) is 35.7 Å². The van der Waals surface area contributed by atoms with E-state index in [9.17, 15) is 0 Å². The van der Waals surface area contributed by atoms with Gasteiger partial charge in [-0.25, -0.2) is 0 Å². The molecule has 3 heterocycles. The molecule has 0 bridgehead atoms. The lowest BCUT2D eigenvalue weighted by molar-refractivity contribution is 0.0606. The summed E-state index contributed by atoms with van der Waals surface area (Å²) in [6.07, 6.45) is 8.24. The fraction of sp³-hybridized carbons (Fsp3) is 0.643. The normalized spacial score (nSPS) is 32.1. The predicted molar refractivity (Wildman–Crippen MR) is 133 cm³/mol. The highest BCUT2D eigenvalue weighted by molar-refractivity contribution is 5.34. The van der Waals surface area contributed by atoms with Crippen LogP contribution in [0.3, 0.4) is 0 Å². The molecule has 1 saturated carbocycles. The van der Waals surface area contributed by atoms with Crippen LogP contribution in [0.4, 0.5) is 0 Å². The maximum absolute atomic E-state index is 7.13. The van der Waals surface area contributed by atoms with Crippen molar-refractivity contribution in [1.29, 1.82) is 0 Å². The molecule has 3 fully saturated rings. The summed E-state index contributed by atoms with van der Waals surface area (Å²) in [5, 5.41) is 0. The van der Waals surface area contributed by atoms with E-state index in [0.717, 1.165) is 38.4 Å². The Morgan fingerprint density at radius 1 is 1.25 bits per heavy atom. The van der Waals surface area contributed by atoms with Crippen molar-refractivity contribution < 1.29 is 0 Å². The van der Waals surface area contributed by atoms with Gasteiger partial charge < -0.3 is 15.5 Å². The Labute approximate surface area is 195 Å². The first kappa shape index (κ1) is 22.2. The highest BCUT2D eigenvalue weighted by Gasteiger charge is 2.53. The molecule has 0 spiro atoms. The Morgan fingerprint density at radius 3 is 2.72 bits per heavy atom. The predicted octanol–water partition coefficient (Wildman–Crippen LogP) is 3.67. The molecule has 4 aliphatic rings. The van der Waals surface area contributed by atoms with Gasteiger partial charge in [-0.2, -0.15) is 0 Å². The molecule has 4 nitrogen and oxygen atoms in total. The summed E-state index contributed by atoms with van der Waals surface area (Å²) >= 11 is 0. The van der Waals surface area contributed by atoms with E-state index >= 15 is 0 Å². The van der Waals surface area contributed by atoms with Crippen LogP contribution in [0.1, 0.15) is 36.8 Å². The van der Waals surface area contributed by atoms with Gasteiger partial charge >= 0.3 is 0 Å². The van der Waals surface area contributed by atoms with E-state index in [1.807, 2.05) is 0 Å². The summed E-state index contributed by atoms with van der Waals surface area (Å²) in [7, 11) is 4.41. The number of fused-ring (bicyclic) bond motifs is 1. The quantitative estimate of drug-likeness (QED) is 0.710. The third-order valence-corrected chi connectivity index (χ3v) is 8.92. The molecule has 0 radical (unpaired) electrons. The minimum absolute atomic E-state index is 0.00153. The van der Waals surface area contributed by atoms with Crippen LogP contribution < -0.4 is 5.73 Å². The van der Waals surface area contributed by atoms with Crippen LogP contribution in [0.15, 0.2) is 48.2 Å². The third-order valence-electron chi connectivity index (χ3n) is 8.92. The number of likely N-dealkylation sites (tertiary alicyclic amines) is 2. The van der Waals surface area contributed by atoms with Crippen LogP contribution >= 0.6 is 0 Å². The number of likely N-dealkylation sites (N-methyl/N-ethyl adjacent to an activating group) is 1. The first-order valence-corrected chi connectivity index (χ1v) is 12.7. The van der Waals surface area contributed by atoms with Crippen molar-refractivity contribution in [3.63, 3.8) is 0 Å². The standard InChI is InChI=1S/C28H42N4/c1-20-6-5-7-22(12-20)8-9-27(21(2)23-10-11-30(3)15-23)24-13-25-16-32(19-28(25,29)14-24)26-17-31(4)18-26/h5-7,12,15,24-27H,2,8-11,13-14,16-19,29H2,1,3-4H3. The van der Waals surface area contributed by atoms with E-state index in [-0.39, 0.29) is 5.54 Å². The molecule has 1 aromatic rings. The lowest BCUT2D eigenvalue weighted by Crippen LogP contribution is -2.58. The van der Waals surface area contributed by atoms with Gasteiger partial charge in [0.1, 0.15) is 0 Å². The summed E-state index contributed by atoms with van der Waals surface area (Å²) in [6.45, 7) is 12.7. The molecule has 4 heteroatoms. The summed E-state index contributed by atoms with van der Waals surface area (Å²) < 4.78 is 0. The average molecular weight is 435 g/mol. The van der Waals surface area contributed by atoms with Gasteiger partial charge in [-0.3, -0.25) is 4.90 Å². The van der Waals surface area contributed by atoms with Gasteiger partial charge in [-0.15, -0.1) is 0 Å². The SMILES string of the molecule is C=C(C1=CN(C)CC1)C(CCc1cccc(C)c1)C1CC2CN(C3CN(C)C3)CC2(N)C1. The number of rotatable bonds is 7. The zero-order valence-electron chi connectivity index (χ0n) is 20.4. The number of aryl methyl sites for hydroxylation is 2. The fourth-order valence-electron chi connectivity index (χ4n) is 7.05. The van der Waals surface area contributed by atoms with Crippen LogP contribution in [-0.4, -0.2) is 73.1 Å². The lowest BCUT2D eigenvalue weighted by Gasteiger charge is -2.43. The van der Waals surface area contributed by atoms with Gasteiger partial charge in [-0.05, 0) is 80.5 Å². The van der Waals surface area contributed by atoms with E-state index in [4.69, 9.17) is 5.73 Å². The van der Waals surface area contributed by atoms with Gasteiger partial charge in [0.2, 0.25) is 0 Å². The fourth-order valence-corrected chi connectivity index (χ4v) is 7.05. The smallest absolute Gasteiger partial charge is 0.0351 e. The zero-order valence-corrected chi connectivity index (χ0v) is 20.4. The number of benzene rings is 1. The molecule has 2 saturated heterocycles. The van der Waals surface area contributed by atoms with Crippen LogP contribution in [0.5, 0.6) is 0 Å². The van der Waals surface area contributed by atoms with Crippen molar-refractivity contribution in [2.45, 2.75) is 50.6 Å². The minimum Gasteiger partial charge on any atom is -0.380 e. The molecular formula is C28H42N4. The van der Waals surface area contributed by atoms with Crippen LogP contribution in [0, 0.1) is 24.7 Å². The highest BCUT2D eigenvalue weighted by atomic mass is 15.3.